The monoisotopic (exact) mass is 317 g/mol. The van der Waals surface area contributed by atoms with Crippen LogP contribution in [0, 0.1) is 6.92 Å². The van der Waals surface area contributed by atoms with E-state index in [0.717, 1.165) is 42.4 Å². The largest absolute Gasteiger partial charge is 0.312 e. The van der Waals surface area contributed by atoms with E-state index in [2.05, 4.69) is 14.9 Å². The van der Waals surface area contributed by atoms with Gasteiger partial charge in [-0.3, -0.25) is 0 Å². The zero-order valence-electron chi connectivity index (χ0n) is 12.3. The molecule has 1 aromatic rings. The summed E-state index contributed by atoms with van der Waals surface area (Å²) < 4.78 is 27.7. The molecule has 1 fully saturated rings. The molecule has 0 aliphatic carbocycles. The molecule has 0 spiro atoms. The van der Waals surface area contributed by atoms with E-state index in [4.69, 9.17) is 0 Å². The number of likely N-dealkylation sites (N-methyl/N-ethyl adjacent to an activating group) is 1. The molecule has 0 bridgehead atoms. The molecule has 2 N–H and O–H groups in total. The molecule has 7 heteroatoms. The summed E-state index contributed by atoms with van der Waals surface area (Å²) in [7, 11) is -1.38. The average Bonchev–Trinajstić information content (AvgIpc) is 2.93. The third kappa shape index (κ3) is 3.79. The number of hydrogen-bond acceptors (Lipinski definition) is 5. The molecule has 0 amide bonds. The van der Waals surface area contributed by atoms with E-state index in [9.17, 15) is 8.42 Å². The minimum atomic E-state index is -3.40. The van der Waals surface area contributed by atoms with E-state index >= 15 is 0 Å². The molecule has 0 aromatic carbocycles. The molecule has 20 heavy (non-hydrogen) atoms. The van der Waals surface area contributed by atoms with Gasteiger partial charge in [0.1, 0.15) is 0 Å². The summed E-state index contributed by atoms with van der Waals surface area (Å²) in [6, 6.07) is 1.82. The van der Waals surface area contributed by atoms with E-state index in [0.29, 0.717) is 4.90 Å². The lowest BCUT2D eigenvalue weighted by Gasteiger charge is -2.13. The quantitative estimate of drug-likeness (QED) is 0.826. The predicted molar refractivity (Wildman–Crippen MR) is 82.7 cm³/mol. The number of aryl methyl sites for hydroxylation is 1. The molecule has 0 saturated carbocycles. The van der Waals surface area contributed by atoms with E-state index in [1.54, 1.807) is 17.4 Å². The second-order valence-corrected chi connectivity index (χ2v) is 8.31. The fourth-order valence-electron chi connectivity index (χ4n) is 2.44. The minimum absolute atomic E-state index is 0.0292. The van der Waals surface area contributed by atoms with Crippen molar-refractivity contribution in [1.82, 2.24) is 14.9 Å². The molecule has 114 valence electrons. The van der Waals surface area contributed by atoms with Crippen molar-refractivity contribution in [3.8, 4) is 0 Å². The maximum absolute atomic E-state index is 12.5. The third-order valence-electron chi connectivity index (χ3n) is 3.48. The van der Waals surface area contributed by atoms with Crippen LogP contribution in [-0.2, 0) is 16.6 Å². The lowest BCUT2D eigenvalue weighted by atomic mass is 10.3. The lowest BCUT2D eigenvalue weighted by molar-refractivity contribution is 0.407. The number of nitrogens with one attached hydrogen (secondary N) is 2. The normalized spacial score (nSPS) is 20.6. The number of thiophene rings is 1. The van der Waals surface area contributed by atoms with Crippen molar-refractivity contribution in [2.24, 2.45) is 0 Å². The zero-order valence-corrected chi connectivity index (χ0v) is 13.9. The van der Waals surface area contributed by atoms with Gasteiger partial charge in [0.2, 0.25) is 10.0 Å². The number of sulfonamides is 1. The van der Waals surface area contributed by atoms with E-state index < -0.39 is 10.0 Å². The minimum Gasteiger partial charge on any atom is -0.312 e. The highest BCUT2D eigenvalue weighted by Gasteiger charge is 2.27. The molecule has 1 saturated heterocycles. The Labute approximate surface area is 125 Å². The van der Waals surface area contributed by atoms with Crippen molar-refractivity contribution < 1.29 is 8.42 Å². The average molecular weight is 317 g/mol. The highest BCUT2D eigenvalue weighted by Crippen LogP contribution is 2.26. The Morgan fingerprint density at radius 1 is 1.50 bits per heavy atom. The lowest BCUT2D eigenvalue weighted by Crippen LogP contribution is -2.36. The van der Waals surface area contributed by atoms with Crippen molar-refractivity contribution in [2.45, 2.75) is 37.8 Å². The molecule has 1 aliphatic rings. The smallest absolute Gasteiger partial charge is 0.241 e. The van der Waals surface area contributed by atoms with Gasteiger partial charge in [-0.15, -0.1) is 11.3 Å². The Balaban J connectivity index is 2.10. The number of nitrogens with zero attached hydrogens (tertiary/aromatic N) is 1. The van der Waals surface area contributed by atoms with Crippen LogP contribution < -0.4 is 10.0 Å². The van der Waals surface area contributed by atoms with Gasteiger partial charge in [0.05, 0.1) is 4.90 Å². The van der Waals surface area contributed by atoms with Crippen LogP contribution >= 0.6 is 11.3 Å². The van der Waals surface area contributed by atoms with Gasteiger partial charge in [-0.1, -0.05) is 6.92 Å². The van der Waals surface area contributed by atoms with Gasteiger partial charge in [-0.2, -0.15) is 0 Å². The van der Waals surface area contributed by atoms with Crippen LogP contribution in [0.25, 0.3) is 0 Å². The molecule has 2 rings (SSSR count). The summed E-state index contributed by atoms with van der Waals surface area (Å²) in [6.07, 6.45) is 0.878. The predicted octanol–water partition coefficient (Wildman–Crippen LogP) is 1.15. The van der Waals surface area contributed by atoms with Crippen LogP contribution in [0.2, 0.25) is 0 Å². The fourth-order valence-corrected chi connectivity index (χ4v) is 5.31. The maximum atomic E-state index is 12.5. The van der Waals surface area contributed by atoms with Gasteiger partial charge in [0.15, 0.2) is 0 Å². The van der Waals surface area contributed by atoms with Crippen molar-refractivity contribution in [3.63, 3.8) is 0 Å². The summed E-state index contributed by atoms with van der Waals surface area (Å²) in [5.74, 6) is 0. The van der Waals surface area contributed by atoms with Crippen LogP contribution in [-0.4, -0.2) is 46.0 Å². The summed E-state index contributed by atoms with van der Waals surface area (Å²) in [6.45, 7) is 7.25. The molecule has 0 radical (unpaired) electrons. The topological polar surface area (TPSA) is 61.4 Å². The molecular formula is C13H23N3O2S2. The van der Waals surface area contributed by atoms with Crippen molar-refractivity contribution in [2.75, 3.05) is 26.7 Å². The number of rotatable bonds is 6. The van der Waals surface area contributed by atoms with Crippen molar-refractivity contribution in [1.29, 1.82) is 0 Å². The highest BCUT2D eigenvalue weighted by atomic mass is 32.2. The highest BCUT2D eigenvalue weighted by molar-refractivity contribution is 7.89. The van der Waals surface area contributed by atoms with Crippen molar-refractivity contribution >= 4 is 21.4 Å². The van der Waals surface area contributed by atoms with E-state index in [1.807, 2.05) is 20.9 Å². The third-order valence-corrected chi connectivity index (χ3v) is 6.30. The zero-order chi connectivity index (χ0) is 14.8. The maximum Gasteiger partial charge on any atom is 0.241 e. The molecule has 1 atom stereocenters. The van der Waals surface area contributed by atoms with E-state index in [1.165, 1.54) is 0 Å². The summed E-state index contributed by atoms with van der Waals surface area (Å²) in [5, 5.41) is 3.22. The van der Waals surface area contributed by atoms with Crippen LogP contribution in [0.3, 0.4) is 0 Å². The second-order valence-electron chi connectivity index (χ2n) is 5.28. The Kier molecular flexibility index (Phi) is 5.19. The van der Waals surface area contributed by atoms with Crippen LogP contribution in [0.15, 0.2) is 11.0 Å². The standard InChI is InChI=1S/C13H23N3O2S2/c1-4-14-8-12-7-13(10(2)19-12)20(17,18)15-11-5-6-16(3)9-11/h7,11,14-15H,4-6,8-9H2,1-3H3. The SMILES string of the molecule is CCNCc1cc(S(=O)(=O)NC2CCN(C)C2)c(C)s1. The number of hydrogen-bond donors (Lipinski definition) is 2. The van der Waals surface area contributed by atoms with Crippen LogP contribution in [0.4, 0.5) is 0 Å². The second kappa shape index (κ2) is 6.53. The first kappa shape index (κ1) is 15.9. The molecule has 1 unspecified atom stereocenters. The first-order chi connectivity index (χ1) is 9.42. The number of likely N-dealkylation sites (tertiary alicyclic amines) is 1. The van der Waals surface area contributed by atoms with Gasteiger partial charge < -0.3 is 10.2 Å². The van der Waals surface area contributed by atoms with Crippen molar-refractivity contribution in [3.05, 3.63) is 15.8 Å². The Morgan fingerprint density at radius 3 is 2.85 bits per heavy atom. The van der Waals surface area contributed by atoms with E-state index in [-0.39, 0.29) is 6.04 Å². The summed E-state index contributed by atoms with van der Waals surface area (Å²) in [5.41, 5.74) is 0. The molecule has 1 aliphatic heterocycles. The molecule has 1 aromatic heterocycles. The molecule has 5 nitrogen and oxygen atoms in total. The Hall–Kier alpha value is -0.470. The molecular weight excluding hydrogens is 294 g/mol. The Morgan fingerprint density at radius 2 is 2.25 bits per heavy atom. The van der Waals surface area contributed by atoms with Crippen LogP contribution in [0.1, 0.15) is 23.1 Å². The van der Waals surface area contributed by atoms with Gasteiger partial charge in [-0.25, -0.2) is 13.1 Å². The fraction of sp³-hybridized carbons (Fsp3) is 0.692. The summed E-state index contributed by atoms with van der Waals surface area (Å²) >= 11 is 1.55. The summed E-state index contributed by atoms with van der Waals surface area (Å²) in [4.78, 5) is 4.50. The van der Waals surface area contributed by atoms with Crippen LogP contribution in [0.5, 0.6) is 0 Å². The van der Waals surface area contributed by atoms with Gasteiger partial charge in [-0.05, 0) is 39.5 Å². The van der Waals surface area contributed by atoms with Gasteiger partial charge >= 0.3 is 0 Å². The Bertz CT molecular complexity index is 554. The molecule has 2 heterocycles. The first-order valence-electron chi connectivity index (χ1n) is 6.93. The first-order valence-corrected chi connectivity index (χ1v) is 9.23. The van der Waals surface area contributed by atoms with Gasteiger partial charge in [0.25, 0.3) is 0 Å². The van der Waals surface area contributed by atoms with Gasteiger partial charge in [0, 0.05) is 28.9 Å².